The van der Waals surface area contributed by atoms with Crippen molar-refractivity contribution in [3.8, 4) is 0 Å². The summed E-state index contributed by atoms with van der Waals surface area (Å²) in [4.78, 5) is 12.1. The Morgan fingerprint density at radius 3 is 2.58 bits per heavy atom. The normalized spacial score (nSPS) is 12.0. The minimum absolute atomic E-state index is 0.619. The molecule has 1 aromatic heterocycles. The second kappa shape index (κ2) is 4.86. The monoisotopic (exact) mass is 269 g/mol. The molecule has 0 radical (unpaired) electrons. The van der Waals surface area contributed by atoms with Crippen molar-refractivity contribution in [1.29, 1.82) is 0 Å². The molecule has 0 fully saturated rings. The first-order chi connectivity index (χ1) is 9.22. The number of benzene rings is 2. The van der Waals surface area contributed by atoms with Crippen molar-refractivity contribution in [2.24, 2.45) is 4.99 Å². The van der Waals surface area contributed by atoms with Gasteiger partial charge in [-0.05, 0) is 36.8 Å². The first-order valence-corrected chi connectivity index (χ1v) is 6.36. The molecule has 0 aliphatic heterocycles. The van der Waals surface area contributed by atoms with E-state index >= 15 is 0 Å². The third-order valence-corrected chi connectivity index (χ3v) is 3.16. The van der Waals surface area contributed by atoms with Crippen LogP contribution in [-0.2, 0) is 0 Å². The van der Waals surface area contributed by atoms with E-state index in [4.69, 9.17) is 11.6 Å². The summed E-state index contributed by atoms with van der Waals surface area (Å²) in [6.07, 6.45) is 0. The lowest BCUT2D eigenvalue weighted by molar-refractivity contribution is 1.26. The third kappa shape index (κ3) is 2.51. The fourth-order valence-corrected chi connectivity index (χ4v) is 2.03. The van der Waals surface area contributed by atoms with E-state index in [2.05, 4.69) is 15.0 Å². The number of rotatable bonds is 2. The predicted molar refractivity (Wildman–Crippen MR) is 79.4 cm³/mol. The van der Waals surface area contributed by atoms with Crippen LogP contribution < -0.4 is 0 Å². The number of imidazole rings is 1. The molecule has 0 aliphatic rings. The zero-order valence-electron chi connectivity index (χ0n) is 10.4. The van der Waals surface area contributed by atoms with Gasteiger partial charge in [0.2, 0.25) is 5.95 Å². The Hall–Kier alpha value is -2.13. The Bertz CT molecular complexity index is 708. The Morgan fingerprint density at radius 2 is 1.84 bits per heavy atom. The van der Waals surface area contributed by atoms with Crippen molar-refractivity contribution in [2.45, 2.75) is 6.92 Å². The number of aromatic amines is 1. The van der Waals surface area contributed by atoms with Crippen molar-refractivity contribution in [1.82, 2.24) is 9.97 Å². The zero-order valence-corrected chi connectivity index (χ0v) is 11.1. The van der Waals surface area contributed by atoms with E-state index in [0.29, 0.717) is 5.95 Å². The second-order valence-corrected chi connectivity index (χ2v) is 4.72. The van der Waals surface area contributed by atoms with Gasteiger partial charge in [0.15, 0.2) is 0 Å². The molecule has 0 saturated heterocycles. The van der Waals surface area contributed by atoms with Crippen molar-refractivity contribution >= 4 is 34.3 Å². The second-order valence-electron chi connectivity index (χ2n) is 4.28. The van der Waals surface area contributed by atoms with E-state index in [1.54, 1.807) is 0 Å². The summed E-state index contributed by atoms with van der Waals surface area (Å²) in [5, 5.41) is 0.722. The van der Waals surface area contributed by atoms with E-state index in [-0.39, 0.29) is 0 Å². The molecule has 0 amide bonds. The Balaban J connectivity index is 1.97. The minimum Gasteiger partial charge on any atom is -0.322 e. The topological polar surface area (TPSA) is 41.0 Å². The highest BCUT2D eigenvalue weighted by atomic mass is 35.5. The number of para-hydroxylation sites is 2. The highest BCUT2D eigenvalue weighted by Gasteiger charge is 2.02. The lowest BCUT2D eigenvalue weighted by Crippen LogP contribution is -1.93. The minimum atomic E-state index is 0.619. The number of hydrogen-bond donors (Lipinski definition) is 1. The summed E-state index contributed by atoms with van der Waals surface area (Å²) in [6, 6.07) is 15.5. The van der Waals surface area contributed by atoms with Crippen LogP contribution in [0.3, 0.4) is 0 Å². The molecular formula is C15H12ClN3. The zero-order chi connectivity index (χ0) is 13.2. The number of aliphatic imine (C=N–C) groups is 1. The summed E-state index contributed by atoms with van der Waals surface area (Å²) in [5.41, 5.74) is 3.84. The maximum absolute atomic E-state index is 5.87. The van der Waals surface area contributed by atoms with Crippen molar-refractivity contribution < 1.29 is 0 Å². The van der Waals surface area contributed by atoms with Gasteiger partial charge in [-0.25, -0.2) is 9.98 Å². The largest absolute Gasteiger partial charge is 0.322 e. The molecule has 3 nitrogen and oxygen atoms in total. The average molecular weight is 270 g/mol. The van der Waals surface area contributed by atoms with Gasteiger partial charge in [-0.15, -0.1) is 0 Å². The van der Waals surface area contributed by atoms with Crippen LogP contribution in [0.4, 0.5) is 5.95 Å². The molecule has 4 heteroatoms. The number of halogens is 1. The van der Waals surface area contributed by atoms with Gasteiger partial charge in [0.1, 0.15) is 0 Å². The van der Waals surface area contributed by atoms with Gasteiger partial charge < -0.3 is 4.98 Å². The molecule has 3 rings (SSSR count). The SMILES string of the molecule is C/C(=N\c1nc2ccccc2[nH]1)c1ccc(Cl)cc1. The van der Waals surface area contributed by atoms with Crippen LogP contribution in [0.5, 0.6) is 0 Å². The van der Waals surface area contributed by atoms with E-state index in [1.807, 2.05) is 55.5 Å². The maximum Gasteiger partial charge on any atom is 0.228 e. The molecule has 2 aromatic carbocycles. The summed E-state index contributed by atoms with van der Waals surface area (Å²) in [7, 11) is 0. The van der Waals surface area contributed by atoms with Crippen LogP contribution in [0.25, 0.3) is 11.0 Å². The summed E-state index contributed by atoms with van der Waals surface area (Å²) in [5.74, 6) is 0.619. The van der Waals surface area contributed by atoms with Gasteiger partial charge in [0.25, 0.3) is 0 Å². The Morgan fingerprint density at radius 1 is 1.11 bits per heavy atom. The van der Waals surface area contributed by atoms with Crippen LogP contribution in [0.1, 0.15) is 12.5 Å². The lowest BCUT2D eigenvalue weighted by Gasteiger charge is -1.99. The number of nitrogens with zero attached hydrogens (tertiary/aromatic N) is 2. The van der Waals surface area contributed by atoms with Gasteiger partial charge in [0.05, 0.1) is 11.0 Å². The van der Waals surface area contributed by atoms with Crippen molar-refractivity contribution in [2.75, 3.05) is 0 Å². The van der Waals surface area contributed by atoms with Crippen LogP contribution in [-0.4, -0.2) is 15.7 Å². The van der Waals surface area contributed by atoms with Gasteiger partial charge in [-0.1, -0.05) is 35.9 Å². The molecule has 94 valence electrons. The van der Waals surface area contributed by atoms with E-state index in [9.17, 15) is 0 Å². The highest BCUT2D eigenvalue weighted by Crippen LogP contribution is 2.17. The van der Waals surface area contributed by atoms with Gasteiger partial charge in [0, 0.05) is 10.7 Å². The molecule has 3 aromatic rings. The average Bonchev–Trinajstić information content (AvgIpc) is 2.81. The van der Waals surface area contributed by atoms with Crippen LogP contribution in [0.2, 0.25) is 5.02 Å². The molecule has 0 bridgehead atoms. The highest BCUT2D eigenvalue weighted by molar-refractivity contribution is 6.30. The first kappa shape index (κ1) is 11.9. The van der Waals surface area contributed by atoms with Gasteiger partial charge in [-0.3, -0.25) is 0 Å². The molecule has 0 aliphatic carbocycles. The van der Waals surface area contributed by atoms with E-state index in [0.717, 1.165) is 27.3 Å². The van der Waals surface area contributed by atoms with Crippen LogP contribution >= 0.6 is 11.6 Å². The standard InChI is InChI=1S/C15H12ClN3/c1-10(11-6-8-12(16)9-7-11)17-15-18-13-4-2-3-5-14(13)19-15/h2-9H,1H3,(H,18,19)/b17-10+. The summed E-state index contributed by atoms with van der Waals surface area (Å²) in [6.45, 7) is 1.95. The molecule has 0 unspecified atom stereocenters. The van der Waals surface area contributed by atoms with Gasteiger partial charge in [-0.2, -0.15) is 0 Å². The maximum atomic E-state index is 5.87. The van der Waals surface area contributed by atoms with Crippen molar-refractivity contribution in [3.05, 3.63) is 59.1 Å². The Labute approximate surface area is 116 Å². The quantitative estimate of drug-likeness (QED) is 0.690. The predicted octanol–water partition coefficient (Wildman–Crippen LogP) is 4.36. The molecule has 0 saturated carbocycles. The smallest absolute Gasteiger partial charge is 0.228 e. The molecule has 1 heterocycles. The third-order valence-electron chi connectivity index (χ3n) is 2.91. The fourth-order valence-electron chi connectivity index (χ4n) is 1.91. The number of fused-ring (bicyclic) bond motifs is 1. The number of aromatic nitrogens is 2. The fraction of sp³-hybridized carbons (Fsp3) is 0.0667. The lowest BCUT2D eigenvalue weighted by atomic mass is 10.1. The molecule has 19 heavy (non-hydrogen) atoms. The number of hydrogen-bond acceptors (Lipinski definition) is 2. The molecule has 0 spiro atoms. The van der Waals surface area contributed by atoms with E-state index in [1.165, 1.54) is 0 Å². The molecular weight excluding hydrogens is 258 g/mol. The first-order valence-electron chi connectivity index (χ1n) is 5.98. The number of nitrogens with one attached hydrogen (secondary N) is 1. The summed E-state index contributed by atoms with van der Waals surface area (Å²) < 4.78 is 0. The van der Waals surface area contributed by atoms with Crippen LogP contribution in [0, 0.1) is 0 Å². The summed E-state index contributed by atoms with van der Waals surface area (Å²) >= 11 is 5.87. The Kier molecular flexibility index (Phi) is 3.05. The van der Waals surface area contributed by atoms with Gasteiger partial charge >= 0.3 is 0 Å². The number of H-pyrrole nitrogens is 1. The van der Waals surface area contributed by atoms with E-state index < -0.39 is 0 Å². The van der Waals surface area contributed by atoms with Crippen LogP contribution in [0.15, 0.2) is 53.5 Å². The molecule has 0 atom stereocenters. The van der Waals surface area contributed by atoms with Crippen molar-refractivity contribution in [3.63, 3.8) is 0 Å². The molecule has 1 N–H and O–H groups in total.